The van der Waals surface area contributed by atoms with E-state index < -0.39 is 17.8 Å². The van der Waals surface area contributed by atoms with Crippen LogP contribution in [0.25, 0.3) is 0 Å². The lowest BCUT2D eigenvalue weighted by Gasteiger charge is -2.14. The molecule has 2 heterocycles. The minimum Gasteiger partial charge on any atom is -0.494 e. The van der Waals surface area contributed by atoms with Crippen molar-refractivity contribution in [3.05, 3.63) is 47.7 Å². The van der Waals surface area contributed by atoms with Gasteiger partial charge in [-0.15, -0.1) is 0 Å². The van der Waals surface area contributed by atoms with Crippen molar-refractivity contribution in [3.8, 4) is 5.75 Å². The molecule has 0 spiro atoms. The van der Waals surface area contributed by atoms with Crippen LogP contribution in [0.4, 0.5) is 0 Å². The predicted octanol–water partition coefficient (Wildman–Crippen LogP) is 2.60. The highest BCUT2D eigenvalue weighted by molar-refractivity contribution is 5.93. The van der Waals surface area contributed by atoms with Gasteiger partial charge in [0.25, 0.3) is 5.91 Å². The monoisotopic (exact) mass is 388 g/mol. The number of nitrogens with zero attached hydrogens (tertiary/aromatic N) is 1. The summed E-state index contributed by atoms with van der Waals surface area (Å²) >= 11 is 0. The summed E-state index contributed by atoms with van der Waals surface area (Å²) in [4.78, 5) is 28.1. The second kappa shape index (κ2) is 9.36. The largest absolute Gasteiger partial charge is 0.494 e. The molecule has 2 atom stereocenters. The Morgan fingerprint density at radius 2 is 2.14 bits per heavy atom. The molecule has 0 radical (unpaired) electrons. The number of aliphatic carboxylic acids is 1. The maximum atomic E-state index is 12.5. The number of rotatable bonds is 9. The normalized spacial score (nSPS) is 17.2. The topological polar surface area (TPSA) is 111 Å². The molecule has 2 unspecified atom stereocenters. The Labute approximate surface area is 162 Å². The minimum absolute atomic E-state index is 0.0147. The average molecular weight is 388 g/mol. The Bertz CT molecular complexity index is 795. The number of benzene rings is 1. The standard InChI is InChI=1S/C20H24N2O6/c1-2-26-15-7-5-13(6-8-15)10-14(20(24)25)11-21-19(23)17-18(28-12-22-17)16-4-3-9-27-16/h5-8,12,14,16H,2-4,9-11H2,1H3,(H,21,23)(H,24,25). The molecule has 0 saturated carbocycles. The highest BCUT2D eigenvalue weighted by Gasteiger charge is 2.28. The van der Waals surface area contributed by atoms with Gasteiger partial charge < -0.3 is 24.3 Å². The Morgan fingerprint density at radius 3 is 2.79 bits per heavy atom. The predicted molar refractivity (Wildman–Crippen MR) is 99.2 cm³/mol. The number of carboxylic acid groups (broad SMARTS) is 1. The van der Waals surface area contributed by atoms with E-state index in [-0.39, 0.29) is 18.3 Å². The molecule has 1 aliphatic rings. The van der Waals surface area contributed by atoms with Crippen molar-refractivity contribution in [3.63, 3.8) is 0 Å². The molecule has 3 rings (SSSR count). The first-order valence-corrected chi connectivity index (χ1v) is 9.36. The minimum atomic E-state index is -0.978. The molecule has 1 aromatic heterocycles. The molecular formula is C20H24N2O6. The SMILES string of the molecule is CCOc1ccc(CC(CNC(=O)c2ncoc2C2CCCO2)C(=O)O)cc1. The number of amides is 1. The first kappa shape index (κ1) is 19.9. The van der Waals surface area contributed by atoms with Gasteiger partial charge in [0.05, 0.1) is 12.5 Å². The van der Waals surface area contributed by atoms with Gasteiger partial charge in [0.15, 0.2) is 17.8 Å². The van der Waals surface area contributed by atoms with Crippen LogP contribution in [0, 0.1) is 5.92 Å². The van der Waals surface area contributed by atoms with Crippen molar-refractivity contribution in [2.75, 3.05) is 19.8 Å². The van der Waals surface area contributed by atoms with E-state index in [1.807, 2.05) is 19.1 Å². The fraction of sp³-hybridized carbons (Fsp3) is 0.450. The van der Waals surface area contributed by atoms with Gasteiger partial charge in [-0.3, -0.25) is 9.59 Å². The van der Waals surface area contributed by atoms with Gasteiger partial charge in [-0.1, -0.05) is 12.1 Å². The Hall–Kier alpha value is -2.87. The van der Waals surface area contributed by atoms with Gasteiger partial charge in [0.2, 0.25) is 0 Å². The quantitative estimate of drug-likeness (QED) is 0.679. The average Bonchev–Trinajstić information content (AvgIpc) is 3.37. The van der Waals surface area contributed by atoms with E-state index in [2.05, 4.69) is 10.3 Å². The molecule has 2 N–H and O–H groups in total. The molecule has 2 aromatic rings. The van der Waals surface area contributed by atoms with Crippen molar-refractivity contribution >= 4 is 11.9 Å². The molecule has 0 aliphatic carbocycles. The van der Waals surface area contributed by atoms with Crippen molar-refractivity contribution in [2.45, 2.75) is 32.3 Å². The third kappa shape index (κ3) is 4.89. The molecule has 8 heteroatoms. The Morgan fingerprint density at radius 1 is 1.36 bits per heavy atom. The highest BCUT2D eigenvalue weighted by atomic mass is 16.5. The summed E-state index contributed by atoms with van der Waals surface area (Å²) in [5, 5.41) is 12.2. The third-order valence-corrected chi connectivity index (χ3v) is 4.61. The van der Waals surface area contributed by atoms with E-state index in [1.54, 1.807) is 12.1 Å². The lowest BCUT2D eigenvalue weighted by molar-refractivity contribution is -0.141. The zero-order valence-electron chi connectivity index (χ0n) is 15.7. The molecular weight excluding hydrogens is 364 g/mol. The van der Waals surface area contributed by atoms with Gasteiger partial charge in [-0.2, -0.15) is 0 Å². The molecule has 1 aromatic carbocycles. The van der Waals surface area contributed by atoms with E-state index >= 15 is 0 Å². The Balaban J connectivity index is 1.60. The number of oxazole rings is 1. The number of hydrogen-bond acceptors (Lipinski definition) is 6. The maximum Gasteiger partial charge on any atom is 0.308 e. The van der Waals surface area contributed by atoms with E-state index in [1.165, 1.54) is 6.39 Å². The second-order valence-corrected chi connectivity index (χ2v) is 6.59. The molecule has 8 nitrogen and oxygen atoms in total. The molecule has 1 saturated heterocycles. The number of ether oxygens (including phenoxy) is 2. The zero-order chi connectivity index (χ0) is 19.9. The lowest BCUT2D eigenvalue weighted by Crippen LogP contribution is -2.34. The van der Waals surface area contributed by atoms with E-state index in [4.69, 9.17) is 13.9 Å². The molecule has 1 aliphatic heterocycles. The molecule has 1 fully saturated rings. The van der Waals surface area contributed by atoms with Crippen LogP contribution in [0.3, 0.4) is 0 Å². The van der Waals surface area contributed by atoms with Gasteiger partial charge >= 0.3 is 5.97 Å². The zero-order valence-corrected chi connectivity index (χ0v) is 15.7. The summed E-state index contributed by atoms with van der Waals surface area (Å²) in [6, 6.07) is 7.27. The van der Waals surface area contributed by atoms with Gasteiger partial charge in [-0.25, -0.2) is 4.98 Å². The van der Waals surface area contributed by atoms with Crippen molar-refractivity contribution in [1.29, 1.82) is 0 Å². The van der Waals surface area contributed by atoms with E-state index in [9.17, 15) is 14.7 Å². The number of carbonyl (C=O) groups excluding carboxylic acids is 1. The number of hydrogen-bond donors (Lipinski definition) is 2. The first-order valence-electron chi connectivity index (χ1n) is 9.36. The van der Waals surface area contributed by atoms with Gasteiger partial charge in [0.1, 0.15) is 11.9 Å². The van der Waals surface area contributed by atoms with Gasteiger partial charge in [-0.05, 0) is 43.9 Å². The van der Waals surface area contributed by atoms with Crippen LogP contribution in [0.5, 0.6) is 5.75 Å². The fourth-order valence-corrected chi connectivity index (χ4v) is 3.16. The highest BCUT2D eigenvalue weighted by Crippen LogP contribution is 2.30. The van der Waals surface area contributed by atoms with Crippen LogP contribution in [0.2, 0.25) is 0 Å². The van der Waals surface area contributed by atoms with Crippen molar-refractivity contribution in [2.24, 2.45) is 5.92 Å². The summed E-state index contributed by atoms with van der Waals surface area (Å²) in [6.45, 7) is 3.07. The van der Waals surface area contributed by atoms with Crippen molar-refractivity contribution < 1.29 is 28.6 Å². The van der Waals surface area contributed by atoms with Crippen LogP contribution < -0.4 is 10.1 Å². The summed E-state index contributed by atoms with van der Waals surface area (Å²) in [6.07, 6.45) is 2.89. The first-order chi connectivity index (χ1) is 13.6. The molecule has 1 amide bonds. The van der Waals surface area contributed by atoms with Crippen LogP contribution in [-0.4, -0.2) is 41.7 Å². The van der Waals surface area contributed by atoms with Crippen LogP contribution >= 0.6 is 0 Å². The fourth-order valence-electron chi connectivity index (χ4n) is 3.16. The maximum absolute atomic E-state index is 12.5. The van der Waals surface area contributed by atoms with Crippen LogP contribution in [-0.2, 0) is 16.0 Å². The Kier molecular flexibility index (Phi) is 6.65. The second-order valence-electron chi connectivity index (χ2n) is 6.59. The summed E-state index contributed by atoms with van der Waals surface area (Å²) in [5.41, 5.74) is 1.00. The van der Waals surface area contributed by atoms with E-state index in [0.717, 1.165) is 24.2 Å². The van der Waals surface area contributed by atoms with Gasteiger partial charge in [0, 0.05) is 13.2 Å². The van der Waals surface area contributed by atoms with Crippen LogP contribution in [0.15, 0.2) is 35.1 Å². The molecule has 0 bridgehead atoms. The molecule has 28 heavy (non-hydrogen) atoms. The number of nitrogens with one attached hydrogen (secondary N) is 1. The summed E-state index contributed by atoms with van der Waals surface area (Å²) < 4.78 is 16.3. The number of aromatic nitrogens is 1. The summed E-state index contributed by atoms with van der Waals surface area (Å²) in [5.74, 6) is -1.07. The third-order valence-electron chi connectivity index (χ3n) is 4.61. The van der Waals surface area contributed by atoms with Crippen LogP contribution in [0.1, 0.15) is 47.7 Å². The lowest BCUT2D eigenvalue weighted by atomic mass is 9.99. The van der Waals surface area contributed by atoms with E-state index in [0.29, 0.717) is 25.4 Å². The number of carboxylic acids is 1. The van der Waals surface area contributed by atoms with Crippen molar-refractivity contribution in [1.82, 2.24) is 10.3 Å². The molecule has 150 valence electrons. The number of carbonyl (C=O) groups is 2. The smallest absolute Gasteiger partial charge is 0.308 e. The summed E-state index contributed by atoms with van der Waals surface area (Å²) in [7, 11) is 0.